The second-order valence-electron chi connectivity index (χ2n) is 5.84. The van der Waals surface area contributed by atoms with Crippen LogP contribution in [0.1, 0.15) is 25.0 Å². The largest absolute Gasteiger partial charge is 0.372 e. The van der Waals surface area contributed by atoms with Crippen LogP contribution in [0.3, 0.4) is 0 Å². The third-order valence-electron chi connectivity index (χ3n) is 4.13. The molecule has 0 fully saturated rings. The van der Waals surface area contributed by atoms with Crippen LogP contribution in [0.5, 0.6) is 0 Å². The number of aryl methyl sites for hydroxylation is 1. The summed E-state index contributed by atoms with van der Waals surface area (Å²) in [5, 5.41) is 13.5. The number of carbonyl (C=O) groups excluding carboxylic acids is 1. The topological polar surface area (TPSA) is 75.5 Å². The molecular formula is C20H23N3O3. The van der Waals surface area contributed by atoms with Gasteiger partial charge in [-0.3, -0.25) is 14.9 Å². The maximum Gasteiger partial charge on any atom is 0.269 e. The standard InChI is InChI=1S/C20H23N3O3/c1-4-22(5-2)18-11-12-19(15(3)14-18)21-20(24)13-8-16-6-9-17(10-7-16)23(25)26/h6-14H,4-5H2,1-3H3,(H,21,24)/b13-8+. The highest BCUT2D eigenvalue weighted by Gasteiger charge is 2.07. The van der Waals surface area contributed by atoms with Gasteiger partial charge >= 0.3 is 0 Å². The van der Waals surface area contributed by atoms with Crippen LogP contribution in [0.15, 0.2) is 48.5 Å². The zero-order valence-electron chi connectivity index (χ0n) is 15.2. The van der Waals surface area contributed by atoms with Crippen LogP contribution in [-0.4, -0.2) is 23.9 Å². The Morgan fingerprint density at radius 1 is 1.15 bits per heavy atom. The number of amides is 1. The summed E-state index contributed by atoms with van der Waals surface area (Å²) in [5.41, 5.74) is 3.63. The Kier molecular flexibility index (Phi) is 6.49. The maximum absolute atomic E-state index is 12.1. The average molecular weight is 353 g/mol. The Labute approximate surface area is 153 Å². The number of rotatable bonds is 7. The van der Waals surface area contributed by atoms with Crippen molar-refractivity contribution < 1.29 is 9.72 Å². The van der Waals surface area contributed by atoms with Crippen molar-refractivity contribution in [2.24, 2.45) is 0 Å². The van der Waals surface area contributed by atoms with Crippen molar-refractivity contribution in [3.05, 3.63) is 69.8 Å². The number of nitrogens with zero attached hydrogens (tertiary/aromatic N) is 2. The van der Waals surface area contributed by atoms with E-state index in [1.165, 1.54) is 18.2 Å². The fourth-order valence-corrected chi connectivity index (χ4v) is 2.63. The molecule has 0 aliphatic heterocycles. The molecule has 0 bridgehead atoms. The Morgan fingerprint density at radius 3 is 2.35 bits per heavy atom. The molecule has 6 nitrogen and oxygen atoms in total. The predicted molar refractivity (Wildman–Crippen MR) is 106 cm³/mol. The highest BCUT2D eigenvalue weighted by Crippen LogP contribution is 2.22. The number of benzene rings is 2. The van der Waals surface area contributed by atoms with Crippen molar-refractivity contribution in [2.75, 3.05) is 23.3 Å². The molecule has 136 valence electrons. The fourth-order valence-electron chi connectivity index (χ4n) is 2.63. The van der Waals surface area contributed by atoms with Gasteiger partial charge in [0.05, 0.1) is 4.92 Å². The van der Waals surface area contributed by atoms with Gasteiger partial charge in [0, 0.05) is 42.7 Å². The van der Waals surface area contributed by atoms with Crippen LogP contribution < -0.4 is 10.2 Å². The van der Waals surface area contributed by atoms with Crippen LogP contribution >= 0.6 is 0 Å². The number of nitrogens with one attached hydrogen (secondary N) is 1. The molecule has 1 N–H and O–H groups in total. The minimum atomic E-state index is -0.454. The number of hydrogen-bond donors (Lipinski definition) is 1. The van der Waals surface area contributed by atoms with Crippen molar-refractivity contribution in [1.82, 2.24) is 0 Å². The average Bonchev–Trinajstić information content (AvgIpc) is 2.63. The monoisotopic (exact) mass is 353 g/mol. The number of nitro benzene ring substituents is 1. The summed E-state index contributed by atoms with van der Waals surface area (Å²) in [6.45, 7) is 8.04. The molecule has 0 aromatic heterocycles. The van der Waals surface area contributed by atoms with Crippen molar-refractivity contribution in [2.45, 2.75) is 20.8 Å². The Hall–Kier alpha value is -3.15. The first-order chi connectivity index (χ1) is 12.4. The van der Waals surface area contributed by atoms with E-state index in [-0.39, 0.29) is 11.6 Å². The first-order valence-corrected chi connectivity index (χ1v) is 8.53. The lowest BCUT2D eigenvalue weighted by molar-refractivity contribution is -0.384. The molecule has 26 heavy (non-hydrogen) atoms. The third-order valence-corrected chi connectivity index (χ3v) is 4.13. The Balaban J connectivity index is 2.04. The van der Waals surface area contributed by atoms with Crippen LogP contribution in [-0.2, 0) is 4.79 Å². The van der Waals surface area contributed by atoms with E-state index in [0.29, 0.717) is 0 Å². The van der Waals surface area contributed by atoms with Crippen molar-refractivity contribution in [3.8, 4) is 0 Å². The molecule has 1 amide bonds. The van der Waals surface area contributed by atoms with E-state index in [2.05, 4.69) is 30.1 Å². The van der Waals surface area contributed by atoms with Gasteiger partial charge in [0.25, 0.3) is 5.69 Å². The van der Waals surface area contributed by atoms with Crippen LogP contribution in [0.2, 0.25) is 0 Å². The number of carbonyl (C=O) groups is 1. The fraction of sp³-hybridized carbons (Fsp3) is 0.250. The number of hydrogen-bond acceptors (Lipinski definition) is 4. The predicted octanol–water partition coefficient (Wildman–Crippen LogP) is 4.40. The summed E-state index contributed by atoms with van der Waals surface area (Å²) in [4.78, 5) is 24.6. The van der Waals surface area contributed by atoms with E-state index in [4.69, 9.17) is 0 Å². The first-order valence-electron chi connectivity index (χ1n) is 8.53. The number of anilines is 2. The van der Waals surface area contributed by atoms with Crippen LogP contribution in [0.25, 0.3) is 6.08 Å². The van der Waals surface area contributed by atoms with E-state index in [1.807, 2.05) is 19.1 Å². The van der Waals surface area contributed by atoms with Crippen molar-refractivity contribution in [1.29, 1.82) is 0 Å². The molecule has 2 aromatic rings. The molecule has 0 radical (unpaired) electrons. The minimum absolute atomic E-state index is 0.0236. The van der Waals surface area contributed by atoms with Crippen molar-refractivity contribution >= 4 is 29.0 Å². The molecule has 6 heteroatoms. The van der Waals surface area contributed by atoms with Gasteiger partial charge in [0.15, 0.2) is 0 Å². The molecule has 0 atom stereocenters. The minimum Gasteiger partial charge on any atom is -0.372 e. The van der Waals surface area contributed by atoms with E-state index in [9.17, 15) is 14.9 Å². The van der Waals surface area contributed by atoms with E-state index < -0.39 is 4.92 Å². The quantitative estimate of drug-likeness (QED) is 0.455. The van der Waals surface area contributed by atoms with Crippen LogP contribution in [0.4, 0.5) is 17.1 Å². The zero-order chi connectivity index (χ0) is 19.1. The molecule has 0 aliphatic carbocycles. The van der Waals surface area contributed by atoms with E-state index in [1.54, 1.807) is 18.2 Å². The summed E-state index contributed by atoms with van der Waals surface area (Å²) >= 11 is 0. The molecular weight excluding hydrogens is 330 g/mol. The lowest BCUT2D eigenvalue weighted by atomic mass is 10.1. The van der Waals surface area contributed by atoms with Gasteiger partial charge in [-0.2, -0.15) is 0 Å². The second kappa shape index (κ2) is 8.80. The molecule has 0 unspecified atom stereocenters. The van der Waals surface area contributed by atoms with E-state index >= 15 is 0 Å². The summed E-state index contributed by atoms with van der Waals surface area (Å²) < 4.78 is 0. The van der Waals surface area contributed by atoms with Crippen molar-refractivity contribution in [3.63, 3.8) is 0 Å². The third kappa shape index (κ3) is 4.92. The number of nitro groups is 1. The summed E-state index contributed by atoms with van der Waals surface area (Å²) in [7, 11) is 0. The molecule has 0 spiro atoms. The molecule has 0 heterocycles. The lowest BCUT2D eigenvalue weighted by Gasteiger charge is -2.22. The molecule has 0 saturated carbocycles. The number of non-ortho nitro benzene ring substituents is 1. The van der Waals surface area contributed by atoms with Gasteiger partial charge in [0.2, 0.25) is 5.91 Å². The SMILES string of the molecule is CCN(CC)c1ccc(NC(=O)/C=C/c2ccc([N+](=O)[O-])cc2)c(C)c1. The highest BCUT2D eigenvalue weighted by molar-refractivity contribution is 6.02. The normalized spacial score (nSPS) is 10.7. The summed E-state index contributed by atoms with van der Waals surface area (Å²) in [6.07, 6.45) is 3.04. The van der Waals surface area contributed by atoms with Gasteiger partial charge in [-0.25, -0.2) is 0 Å². The van der Waals surface area contributed by atoms with Gasteiger partial charge in [0.1, 0.15) is 0 Å². The van der Waals surface area contributed by atoms with Gasteiger partial charge in [-0.1, -0.05) is 0 Å². The second-order valence-corrected chi connectivity index (χ2v) is 5.84. The van der Waals surface area contributed by atoms with Gasteiger partial charge in [-0.15, -0.1) is 0 Å². The summed E-state index contributed by atoms with van der Waals surface area (Å²) in [6, 6.07) is 12.0. The smallest absolute Gasteiger partial charge is 0.269 e. The highest BCUT2D eigenvalue weighted by atomic mass is 16.6. The Morgan fingerprint density at radius 2 is 1.81 bits per heavy atom. The lowest BCUT2D eigenvalue weighted by Crippen LogP contribution is -2.22. The molecule has 0 aliphatic rings. The summed E-state index contributed by atoms with van der Waals surface area (Å²) in [5.74, 6) is -0.248. The molecule has 2 aromatic carbocycles. The zero-order valence-corrected chi connectivity index (χ0v) is 15.2. The Bertz CT molecular complexity index is 810. The molecule has 0 saturated heterocycles. The van der Waals surface area contributed by atoms with E-state index in [0.717, 1.165) is 35.6 Å². The molecule has 2 rings (SSSR count). The maximum atomic E-state index is 12.1. The van der Waals surface area contributed by atoms with Crippen LogP contribution in [0, 0.1) is 17.0 Å². The first kappa shape index (κ1) is 19.2. The van der Waals surface area contributed by atoms with Gasteiger partial charge in [-0.05, 0) is 68.3 Å². The van der Waals surface area contributed by atoms with Gasteiger partial charge < -0.3 is 10.2 Å².